The summed E-state index contributed by atoms with van der Waals surface area (Å²) in [6.07, 6.45) is 0.651. The number of rotatable bonds is 5. The number of benzene rings is 1. The molecule has 0 radical (unpaired) electrons. The molecule has 0 saturated carbocycles. The zero-order valence-electron chi connectivity index (χ0n) is 10.2. The number of hydrogen-bond acceptors (Lipinski definition) is 5. The Kier molecular flexibility index (Phi) is 5.39. The first-order valence-electron chi connectivity index (χ1n) is 5.49. The minimum Gasteiger partial charge on any atom is -0.870 e. The van der Waals surface area contributed by atoms with Crippen LogP contribution < -0.4 is 4.98 Å². The van der Waals surface area contributed by atoms with Gasteiger partial charge in [0.2, 0.25) is 10.5 Å². The molecule has 0 aliphatic heterocycles. The Morgan fingerprint density at radius 3 is 2.74 bits per heavy atom. The van der Waals surface area contributed by atoms with Gasteiger partial charge in [-0.2, -0.15) is 13.4 Å². The van der Waals surface area contributed by atoms with Crippen LogP contribution in [0.3, 0.4) is 0 Å². The average Bonchev–Trinajstić information content (AvgIpc) is 2.66. The van der Waals surface area contributed by atoms with E-state index in [1.807, 2.05) is 24.3 Å². The smallest absolute Gasteiger partial charge is 0.397 e. The summed E-state index contributed by atoms with van der Waals surface area (Å²) in [4.78, 5) is 3.26. The van der Waals surface area contributed by atoms with Gasteiger partial charge in [-0.05, 0) is 19.4 Å². The first-order valence-corrected chi connectivity index (χ1v) is 7.67. The number of H-pyrrole nitrogens is 1. The van der Waals surface area contributed by atoms with Crippen molar-refractivity contribution in [2.75, 3.05) is 0 Å². The van der Waals surface area contributed by atoms with Crippen LogP contribution >= 0.6 is 11.3 Å². The van der Waals surface area contributed by atoms with Gasteiger partial charge >= 0.3 is 10.4 Å². The van der Waals surface area contributed by atoms with Gasteiger partial charge < -0.3 is 5.48 Å². The first-order chi connectivity index (χ1) is 8.44. The van der Waals surface area contributed by atoms with Crippen LogP contribution in [0.15, 0.2) is 24.3 Å². The van der Waals surface area contributed by atoms with E-state index < -0.39 is 16.5 Å². The van der Waals surface area contributed by atoms with E-state index in [0.717, 1.165) is 15.2 Å². The Balaban J connectivity index is 0.00000180. The van der Waals surface area contributed by atoms with Crippen molar-refractivity contribution in [2.24, 2.45) is 0 Å². The molecular formula is C11H15NO5S2. The highest BCUT2D eigenvalue weighted by atomic mass is 32.3. The zero-order valence-corrected chi connectivity index (χ0v) is 11.9. The van der Waals surface area contributed by atoms with Crippen molar-refractivity contribution in [3.05, 3.63) is 29.3 Å². The Morgan fingerprint density at radius 2 is 2.11 bits per heavy atom. The van der Waals surface area contributed by atoms with E-state index in [2.05, 4.69) is 9.17 Å². The number of hydrogen-bond donors (Lipinski definition) is 1. The van der Waals surface area contributed by atoms with Gasteiger partial charge in [-0.25, -0.2) is 4.18 Å². The molecule has 1 heterocycles. The molecule has 0 saturated heterocycles. The molecule has 1 atom stereocenters. The van der Waals surface area contributed by atoms with Gasteiger partial charge in [0.15, 0.2) is 0 Å². The summed E-state index contributed by atoms with van der Waals surface area (Å²) in [5.41, 5.74) is 1.07. The van der Waals surface area contributed by atoms with Crippen LogP contribution in [0.4, 0.5) is 0 Å². The van der Waals surface area contributed by atoms with Crippen molar-refractivity contribution < 1.29 is 27.6 Å². The predicted molar refractivity (Wildman–Crippen MR) is 70.7 cm³/mol. The number of aromatic nitrogens is 1. The van der Waals surface area contributed by atoms with Crippen molar-refractivity contribution in [1.82, 2.24) is 0 Å². The highest BCUT2D eigenvalue weighted by molar-refractivity contribution is 7.80. The van der Waals surface area contributed by atoms with E-state index in [4.69, 9.17) is 4.55 Å². The van der Waals surface area contributed by atoms with E-state index in [0.29, 0.717) is 12.8 Å². The van der Waals surface area contributed by atoms with Gasteiger partial charge in [-0.15, -0.1) is 0 Å². The molecule has 1 unspecified atom stereocenters. The summed E-state index contributed by atoms with van der Waals surface area (Å²) in [6.45, 7) is 1.61. The van der Waals surface area contributed by atoms with Crippen molar-refractivity contribution in [1.29, 1.82) is 0 Å². The van der Waals surface area contributed by atoms with E-state index in [-0.39, 0.29) is 5.48 Å². The Labute approximate surface area is 115 Å². The Hall–Kier alpha value is -1.06. The number of para-hydroxylation sites is 1. The zero-order chi connectivity index (χ0) is 13.2. The van der Waals surface area contributed by atoms with Gasteiger partial charge in [-0.1, -0.05) is 23.5 Å². The van der Waals surface area contributed by atoms with E-state index in [1.54, 1.807) is 18.3 Å². The summed E-state index contributed by atoms with van der Waals surface area (Å²) in [7, 11) is -4.36. The van der Waals surface area contributed by atoms with E-state index in [1.165, 1.54) is 0 Å². The fraction of sp³-hybridized carbons (Fsp3) is 0.364. The molecule has 0 aliphatic carbocycles. The van der Waals surface area contributed by atoms with Crippen molar-refractivity contribution >= 4 is 32.0 Å². The molecule has 0 fully saturated rings. The quantitative estimate of drug-likeness (QED) is 0.845. The minimum absolute atomic E-state index is 0. The van der Waals surface area contributed by atoms with Crippen LogP contribution in [0.2, 0.25) is 0 Å². The fourth-order valence-corrected chi connectivity index (χ4v) is 3.20. The Bertz CT molecular complexity index is 604. The molecule has 19 heavy (non-hydrogen) atoms. The van der Waals surface area contributed by atoms with E-state index in [9.17, 15) is 8.42 Å². The fourth-order valence-electron chi connectivity index (χ4n) is 1.67. The van der Waals surface area contributed by atoms with Crippen molar-refractivity contribution in [3.63, 3.8) is 0 Å². The van der Waals surface area contributed by atoms with Crippen molar-refractivity contribution in [2.45, 2.75) is 25.9 Å². The third kappa shape index (κ3) is 4.84. The van der Waals surface area contributed by atoms with Gasteiger partial charge in [0.05, 0.1) is 6.10 Å². The number of aryl methyl sites for hydroxylation is 1. The Morgan fingerprint density at radius 1 is 1.42 bits per heavy atom. The third-order valence-electron chi connectivity index (χ3n) is 2.46. The van der Waals surface area contributed by atoms with Crippen LogP contribution in [0.5, 0.6) is 0 Å². The molecule has 0 spiro atoms. The summed E-state index contributed by atoms with van der Waals surface area (Å²) in [5.74, 6) is 0. The number of nitrogens with one attached hydrogen (secondary N) is 1. The number of aromatic amines is 1. The van der Waals surface area contributed by atoms with Crippen LogP contribution in [0.25, 0.3) is 10.2 Å². The molecule has 1 aromatic carbocycles. The summed E-state index contributed by atoms with van der Waals surface area (Å²) in [6, 6.07) is 7.95. The molecule has 2 rings (SSSR count). The maximum Gasteiger partial charge on any atom is 0.397 e. The normalized spacial score (nSPS) is 13.2. The average molecular weight is 305 g/mol. The number of fused-ring (bicyclic) bond motifs is 1. The van der Waals surface area contributed by atoms with Gasteiger partial charge in [0, 0.05) is 12.5 Å². The number of thiazole rings is 1. The van der Waals surface area contributed by atoms with Gasteiger partial charge in [0.25, 0.3) is 0 Å². The van der Waals surface area contributed by atoms with Crippen molar-refractivity contribution in [3.8, 4) is 0 Å². The molecule has 3 N–H and O–H groups in total. The lowest BCUT2D eigenvalue weighted by molar-refractivity contribution is -0.350. The second kappa shape index (κ2) is 6.40. The lowest BCUT2D eigenvalue weighted by Gasteiger charge is -2.06. The monoisotopic (exact) mass is 305 g/mol. The van der Waals surface area contributed by atoms with Crippen LogP contribution in [-0.2, 0) is 21.0 Å². The highest BCUT2D eigenvalue weighted by Crippen LogP contribution is 2.19. The van der Waals surface area contributed by atoms with Gasteiger partial charge in [0.1, 0.15) is 4.70 Å². The summed E-state index contributed by atoms with van der Waals surface area (Å²) >= 11 is 1.63. The van der Waals surface area contributed by atoms with Crippen LogP contribution in [0.1, 0.15) is 18.4 Å². The lowest BCUT2D eigenvalue weighted by Crippen LogP contribution is -2.16. The topological polar surface area (TPSA) is 108 Å². The molecular weight excluding hydrogens is 290 g/mol. The molecule has 0 amide bonds. The largest absolute Gasteiger partial charge is 0.870 e. The van der Waals surface area contributed by atoms with Crippen LogP contribution in [-0.4, -0.2) is 24.6 Å². The van der Waals surface area contributed by atoms with E-state index >= 15 is 0 Å². The summed E-state index contributed by atoms with van der Waals surface area (Å²) < 4.78 is 35.2. The molecule has 1 aromatic heterocycles. The molecule has 106 valence electrons. The molecule has 8 heteroatoms. The molecule has 6 nitrogen and oxygen atoms in total. The maximum atomic E-state index is 10.5. The summed E-state index contributed by atoms with van der Waals surface area (Å²) in [5, 5.41) is 1.06. The SMILES string of the molecule is CC(CCc1[nH+]c2ccccc2s1)OS(=O)(=O)O.[OH-]. The lowest BCUT2D eigenvalue weighted by atomic mass is 10.2. The second-order valence-electron chi connectivity index (χ2n) is 4.02. The first kappa shape index (κ1) is 16.0. The highest BCUT2D eigenvalue weighted by Gasteiger charge is 2.16. The second-order valence-corrected chi connectivity index (χ2v) is 6.20. The molecule has 0 aliphatic rings. The van der Waals surface area contributed by atoms with Gasteiger partial charge in [-0.3, -0.25) is 4.55 Å². The predicted octanol–water partition coefficient (Wildman–Crippen LogP) is 1.68. The molecule has 2 aromatic rings. The maximum absolute atomic E-state index is 10.5. The minimum atomic E-state index is -4.36. The standard InChI is InChI=1S/C11H13NO4S2.H2O/c1-8(16-18(13,14)15)6-7-11-12-9-4-2-3-5-10(9)17-11;/h2-5,8H,6-7H2,1H3,(H,13,14,15);1H2. The molecule has 0 bridgehead atoms. The van der Waals surface area contributed by atoms with Crippen LogP contribution in [0, 0.1) is 0 Å². The third-order valence-corrected chi connectivity index (χ3v) is 4.16.